The third-order valence-corrected chi connectivity index (χ3v) is 6.58. The zero-order chi connectivity index (χ0) is 18.1. The van der Waals surface area contributed by atoms with Gasteiger partial charge >= 0.3 is 6.18 Å². The summed E-state index contributed by atoms with van der Waals surface area (Å²) in [5.74, 6) is 0. The fourth-order valence-corrected chi connectivity index (χ4v) is 4.92. The van der Waals surface area contributed by atoms with Gasteiger partial charge in [0.1, 0.15) is 0 Å². The van der Waals surface area contributed by atoms with Gasteiger partial charge in [0.2, 0.25) is 10.0 Å². The zero-order valence-corrected chi connectivity index (χ0v) is 14.5. The Morgan fingerprint density at radius 2 is 1.84 bits per heavy atom. The smallest absolute Gasteiger partial charge is 0.379 e. The molecule has 9 heteroatoms. The lowest BCUT2D eigenvalue weighted by Crippen LogP contribution is -2.52. The van der Waals surface area contributed by atoms with Crippen molar-refractivity contribution >= 4 is 10.0 Å². The van der Waals surface area contributed by atoms with E-state index in [-0.39, 0.29) is 10.9 Å². The van der Waals surface area contributed by atoms with E-state index in [0.717, 1.165) is 31.6 Å². The van der Waals surface area contributed by atoms with Crippen molar-refractivity contribution in [2.24, 2.45) is 0 Å². The first-order valence-corrected chi connectivity index (χ1v) is 9.72. The predicted molar refractivity (Wildman–Crippen MR) is 85.6 cm³/mol. The van der Waals surface area contributed by atoms with Crippen molar-refractivity contribution in [2.45, 2.75) is 30.0 Å². The van der Waals surface area contributed by atoms with Crippen LogP contribution in [-0.4, -0.2) is 63.1 Å². The number of sulfonamides is 1. The van der Waals surface area contributed by atoms with Crippen LogP contribution in [0.25, 0.3) is 0 Å². The summed E-state index contributed by atoms with van der Waals surface area (Å²) in [4.78, 5) is 1.90. The van der Waals surface area contributed by atoms with E-state index < -0.39 is 21.8 Å². The monoisotopic (exact) mass is 378 g/mol. The van der Waals surface area contributed by atoms with Crippen LogP contribution in [-0.2, 0) is 20.9 Å². The molecule has 0 saturated carbocycles. The predicted octanol–water partition coefficient (Wildman–Crippen LogP) is 2.19. The number of morpholine rings is 1. The SMILES string of the molecule is O=S(=O)(c1cccc(C(F)(F)F)c1)N1CCC[C@H](N2CCOCC2)C1. The van der Waals surface area contributed by atoms with E-state index in [0.29, 0.717) is 38.8 Å². The summed E-state index contributed by atoms with van der Waals surface area (Å²) in [6, 6.07) is 4.04. The highest BCUT2D eigenvalue weighted by Crippen LogP contribution is 2.32. The van der Waals surface area contributed by atoms with E-state index >= 15 is 0 Å². The molecule has 0 amide bonds. The lowest BCUT2D eigenvalue weighted by molar-refractivity contribution is -0.137. The highest BCUT2D eigenvalue weighted by molar-refractivity contribution is 7.89. The minimum Gasteiger partial charge on any atom is -0.379 e. The number of nitrogens with zero attached hydrogens (tertiary/aromatic N) is 2. The van der Waals surface area contributed by atoms with Crippen LogP contribution in [0.1, 0.15) is 18.4 Å². The second-order valence-corrected chi connectivity index (χ2v) is 8.27. The van der Waals surface area contributed by atoms with Gasteiger partial charge in [0, 0.05) is 32.2 Å². The molecular formula is C16H21F3N2O3S. The molecule has 2 heterocycles. The molecule has 3 rings (SSSR count). The van der Waals surface area contributed by atoms with Crippen molar-refractivity contribution in [1.82, 2.24) is 9.21 Å². The van der Waals surface area contributed by atoms with Crippen LogP contribution in [0, 0.1) is 0 Å². The average Bonchev–Trinajstić information content (AvgIpc) is 2.62. The molecule has 0 N–H and O–H groups in total. The number of halogens is 3. The summed E-state index contributed by atoms with van der Waals surface area (Å²) in [6.07, 6.45) is -2.99. The Morgan fingerprint density at radius 3 is 2.52 bits per heavy atom. The Labute approximate surface area is 145 Å². The third kappa shape index (κ3) is 4.16. The Morgan fingerprint density at radius 1 is 1.12 bits per heavy atom. The van der Waals surface area contributed by atoms with Crippen LogP contribution >= 0.6 is 0 Å². The van der Waals surface area contributed by atoms with Gasteiger partial charge in [-0.3, -0.25) is 4.90 Å². The zero-order valence-electron chi connectivity index (χ0n) is 13.7. The molecule has 1 aromatic rings. The van der Waals surface area contributed by atoms with E-state index in [1.807, 2.05) is 0 Å². The van der Waals surface area contributed by atoms with Crippen LogP contribution in [0.2, 0.25) is 0 Å². The number of alkyl halides is 3. The van der Waals surface area contributed by atoms with Gasteiger partial charge in [-0.1, -0.05) is 6.07 Å². The summed E-state index contributed by atoms with van der Waals surface area (Å²) >= 11 is 0. The first kappa shape index (κ1) is 18.6. The van der Waals surface area contributed by atoms with Gasteiger partial charge in [-0.15, -0.1) is 0 Å². The molecule has 0 aromatic heterocycles. The molecule has 5 nitrogen and oxygen atoms in total. The van der Waals surface area contributed by atoms with Gasteiger partial charge in [0.25, 0.3) is 0 Å². The van der Waals surface area contributed by atoms with E-state index in [1.54, 1.807) is 0 Å². The largest absolute Gasteiger partial charge is 0.416 e. The highest BCUT2D eigenvalue weighted by atomic mass is 32.2. The fraction of sp³-hybridized carbons (Fsp3) is 0.625. The molecule has 1 aromatic carbocycles. The van der Waals surface area contributed by atoms with Gasteiger partial charge in [-0.2, -0.15) is 17.5 Å². The summed E-state index contributed by atoms with van der Waals surface area (Å²) in [7, 11) is -3.94. The van der Waals surface area contributed by atoms with Gasteiger partial charge < -0.3 is 4.74 Å². The topological polar surface area (TPSA) is 49.9 Å². The summed E-state index contributed by atoms with van der Waals surface area (Å²) in [6.45, 7) is 3.38. The summed E-state index contributed by atoms with van der Waals surface area (Å²) < 4.78 is 70.9. The Bertz CT molecular complexity index is 703. The van der Waals surface area contributed by atoms with Crippen LogP contribution in [0.15, 0.2) is 29.2 Å². The van der Waals surface area contributed by atoms with Crippen molar-refractivity contribution in [3.8, 4) is 0 Å². The highest BCUT2D eigenvalue weighted by Gasteiger charge is 2.35. The molecule has 2 saturated heterocycles. The van der Waals surface area contributed by atoms with E-state index in [9.17, 15) is 21.6 Å². The molecular weight excluding hydrogens is 357 g/mol. The molecule has 25 heavy (non-hydrogen) atoms. The van der Waals surface area contributed by atoms with Crippen molar-refractivity contribution in [3.05, 3.63) is 29.8 Å². The normalized spacial score (nSPS) is 24.4. The van der Waals surface area contributed by atoms with E-state index in [4.69, 9.17) is 4.74 Å². The molecule has 0 radical (unpaired) electrons. The molecule has 1 atom stereocenters. The van der Waals surface area contributed by atoms with Crippen molar-refractivity contribution in [3.63, 3.8) is 0 Å². The Hall–Kier alpha value is -1.16. The van der Waals surface area contributed by atoms with Crippen LogP contribution in [0.3, 0.4) is 0 Å². The second-order valence-electron chi connectivity index (χ2n) is 6.33. The Kier molecular flexibility index (Phi) is 5.38. The summed E-state index contributed by atoms with van der Waals surface area (Å²) in [5.41, 5.74) is -0.949. The lowest BCUT2D eigenvalue weighted by Gasteiger charge is -2.40. The first-order valence-electron chi connectivity index (χ1n) is 8.28. The lowest BCUT2D eigenvalue weighted by atomic mass is 10.1. The van der Waals surface area contributed by atoms with Crippen molar-refractivity contribution in [1.29, 1.82) is 0 Å². The van der Waals surface area contributed by atoms with E-state index in [2.05, 4.69) is 4.90 Å². The van der Waals surface area contributed by atoms with Crippen molar-refractivity contribution < 1.29 is 26.3 Å². The quantitative estimate of drug-likeness (QED) is 0.809. The number of benzene rings is 1. The van der Waals surface area contributed by atoms with Gasteiger partial charge in [0.15, 0.2) is 0 Å². The third-order valence-electron chi connectivity index (χ3n) is 4.72. The second kappa shape index (κ2) is 7.22. The molecule has 0 aliphatic carbocycles. The maximum atomic E-state index is 12.9. The molecule has 0 unspecified atom stereocenters. The fourth-order valence-electron chi connectivity index (χ4n) is 3.36. The molecule has 2 fully saturated rings. The maximum Gasteiger partial charge on any atom is 0.416 e. The molecule has 0 bridgehead atoms. The number of piperidine rings is 1. The van der Waals surface area contributed by atoms with Crippen molar-refractivity contribution in [2.75, 3.05) is 39.4 Å². The van der Waals surface area contributed by atoms with Gasteiger partial charge in [-0.25, -0.2) is 8.42 Å². The average molecular weight is 378 g/mol. The van der Waals surface area contributed by atoms with Gasteiger partial charge in [-0.05, 0) is 31.0 Å². The number of ether oxygens (including phenoxy) is 1. The summed E-state index contributed by atoms with van der Waals surface area (Å²) in [5, 5.41) is 0. The number of hydrogen-bond acceptors (Lipinski definition) is 4. The van der Waals surface area contributed by atoms with Crippen LogP contribution in [0.4, 0.5) is 13.2 Å². The number of rotatable bonds is 3. The Balaban J connectivity index is 1.79. The first-order chi connectivity index (χ1) is 11.8. The van der Waals surface area contributed by atoms with E-state index in [1.165, 1.54) is 10.4 Å². The van der Waals surface area contributed by atoms with Gasteiger partial charge in [0.05, 0.1) is 23.7 Å². The maximum absolute atomic E-state index is 12.9. The minimum absolute atomic E-state index is 0.0817. The molecule has 140 valence electrons. The molecule has 0 spiro atoms. The molecule has 2 aliphatic rings. The standard InChI is InChI=1S/C16H21F3N2O3S/c17-16(18,19)13-3-1-5-15(11-13)25(22,23)21-6-2-4-14(12-21)20-7-9-24-10-8-20/h1,3,5,11,14H,2,4,6-10,12H2/t14-/m0/s1. The minimum atomic E-state index is -4.57. The van der Waals surface area contributed by atoms with Crippen LogP contribution in [0.5, 0.6) is 0 Å². The van der Waals surface area contributed by atoms with Crippen LogP contribution < -0.4 is 0 Å². The number of hydrogen-bond donors (Lipinski definition) is 0. The molecule has 2 aliphatic heterocycles.